The van der Waals surface area contributed by atoms with Crippen LogP contribution in [-0.4, -0.2) is 29.2 Å². The molecule has 0 fully saturated rings. The quantitative estimate of drug-likeness (QED) is 0.361. The van der Waals surface area contributed by atoms with Crippen molar-refractivity contribution in [2.45, 2.75) is 19.3 Å². The third-order valence-electron chi connectivity index (χ3n) is 1.34. The van der Waals surface area contributed by atoms with Crippen LogP contribution in [0, 0.1) is 10.1 Å². The maximum absolute atomic E-state index is 10.1. The number of carboxylic acids is 1. The molecule has 0 aromatic rings. The fourth-order valence-corrected chi connectivity index (χ4v) is 0.739. The molecule has 0 saturated heterocycles. The van der Waals surface area contributed by atoms with E-state index in [1.165, 1.54) is 6.08 Å². The van der Waals surface area contributed by atoms with Crippen molar-refractivity contribution in [1.82, 2.24) is 0 Å². The summed E-state index contributed by atoms with van der Waals surface area (Å²) in [4.78, 5) is 19.4. The average Bonchev–Trinajstić information content (AvgIpc) is 2.08. The summed E-state index contributed by atoms with van der Waals surface area (Å²) >= 11 is 0. The number of hydrogen-bond donors (Lipinski definition) is 1. The number of aliphatic carboxylic acids is 1. The Morgan fingerprint density at radius 3 is 2.79 bits per heavy atom. The molecule has 1 N–H and O–H groups in total. The summed E-state index contributed by atoms with van der Waals surface area (Å²) < 4.78 is 5.03. The Labute approximate surface area is 81.3 Å². The van der Waals surface area contributed by atoms with Crippen LogP contribution < -0.4 is 0 Å². The Balaban J connectivity index is 3.14. The summed E-state index contributed by atoms with van der Waals surface area (Å²) in [6, 6.07) is 0. The molecule has 0 aromatic heterocycles. The highest BCUT2D eigenvalue weighted by Gasteiger charge is 1.95. The summed E-state index contributed by atoms with van der Waals surface area (Å²) in [6.45, 7) is 0.753. The predicted molar refractivity (Wildman–Crippen MR) is 48.4 cm³/mol. The summed E-state index contributed by atoms with van der Waals surface area (Å²) in [6.07, 6.45) is 3.28. The minimum absolute atomic E-state index is 0.0880. The number of nitrogens with zero attached hydrogens (tertiary/aromatic N) is 1. The summed E-state index contributed by atoms with van der Waals surface area (Å²) in [5.74, 6) is -0.846. The van der Waals surface area contributed by atoms with E-state index in [0.717, 1.165) is 6.20 Å². The lowest BCUT2D eigenvalue weighted by molar-refractivity contribution is -0.402. The molecule has 0 aliphatic rings. The van der Waals surface area contributed by atoms with Gasteiger partial charge in [-0.15, -0.1) is 0 Å². The minimum atomic E-state index is -0.846. The number of rotatable bonds is 8. The molecule has 0 atom stereocenters. The molecule has 0 saturated carbocycles. The molecule has 0 aliphatic heterocycles. The van der Waals surface area contributed by atoms with E-state index in [1.807, 2.05) is 0 Å². The SMILES string of the molecule is O=C(O)CCCOCC/C=C/[N+](=O)[O-]. The van der Waals surface area contributed by atoms with E-state index in [2.05, 4.69) is 0 Å². The van der Waals surface area contributed by atoms with Gasteiger partial charge < -0.3 is 9.84 Å². The Hall–Kier alpha value is -1.43. The van der Waals surface area contributed by atoms with Gasteiger partial charge >= 0.3 is 5.97 Å². The van der Waals surface area contributed by atoms with Crippen LogP contribution in [0.5, 0.6) is 0 Å². The van der Waals surface area contributed by atoms with E-state index < -0.39 is 10.9 Å². The van der Waals surface area contributed by atoms with Gasteiger partial charge in [0.15, 0.2) is 0 Å². The lowest BCUT2D eigenvalue weighted by Gasteiger charge is -1.99. The van der Waals surface area contributed by atoms with Gasteiger partial charge in [0.05, 0.1) is 11.5 Å². The van der Waals surface area contributed by atoms with Crippen LogP contribution in [-0.2, 0) is 9.53 Å². The van der Waals surface area contributed by atoms with Crippen molar-refractivity contribution >= 4 is 5.97 Å². The van der Waals surface area contributed by atoms with Crippen molar-refractivity contribution in [3.63, 3.8) is 0 Å². The zero-order valence-electron chi connectivity index (χ0n) is 7.72. The molecule has 6 nitrogen and oxygen atoms in total. The second kappa shape index (κ2) is 8.18. The summed E-state index contributed by atoms with van der Waals surface area (Å²) in [7, 11) is 0. The number of nitro groups is 1. The number of carbonyl (C=O) groups is 1. The normalized spacial score (nSPS) is 10.6. The molecule has 80 valence electrons. The third kappa shape index (κ3) is 10.6. The highest BCUT2D eigenvalue weighted by Crippen LogP contribution is 1.92. The molecular weight excluding hydrogens is 190 g/mol. The zero-order valence-corrected chi connectivity index (χ0v) is 7.72. The van der Waals surface area contributed by atoms with Crippen molar-refractivity contribution < 1.29 is 19.6 Å². The molecule has 0 bridgehead atoms. The van der Waals surface area contributed by atoms with E-state index in [0.29, 0.717) is 26.1 Å². The van der Waals surface area contributed by atoms with E-state index in [9.17, 15) is 14.9 Å². The van der Waals surface area contributed by atoms with Gasteiger partial charge in [-0.1, -0.05) is 0 Å². The zero-order chi connectivity index (χ0) is 10.8. The van der Waals surface area contributed by atoms with E-state index >= 15 is 0 Å². The molecule has 6 heteroatoms. The highest BCUT2D eigenvalue weighted by molar-refractivity contribution is 5.66. The Bertz CT molecular complexity index is 214. The molecule has 0 aromatic carbocycles. The van der Waals surface area contributed by atoms with Gasteiger partial charge in [-0.3, -0.25) is 14.9 Å². The van der Waals surface area contributed by atoms with Crippen LogP contribution in [0.15, 0.2) is 12.3 Å². The van der Waals surface area contributed by atoms with Gasteiger partial charge in [-0.2, -0.15) is 0 Å². The molecule has 0 unspecified atom stereocenters. The minimum Gasteiger partial charge on any atom is -0.481 e. The molecule has 0 radical (unpaired) electrons. The van der Waals surface area contributed by atoms with Crippen LogP contribution in [0.2, 0.25) is 0 Å². The van der Waals surface area contributed by atoms with Gasteiger partial charge in [0.25, 0.3) is 0 Å². The third-order valence-corrected chi connectivity index (χ3v) is 1.34. The largest absolute Gasteiger partial charge is 0.481 e. The average molecular weight is 203 g/mol. The first-order valence-corrected chi connectivity index (χ1v) is 4.22. The van der Waals surface area contributed by atoms with Gasteiger partial charge in [0.2, 0.25) is 6.20 Å². The predicted octanol–water partition coefficient (Wildman–Crippen LogP) is 1.05. The van der Waals surface area contributed by atoms with Gasteiger partial charge in [0, 0.05) is 13.0 Å². The number of hydrogen-bond acceptors (Lipinski definition) is 4. The first-order valence-electron chi connectivity index (χ1n) is 4.22. The molecule has 0 spiro atoms. The van der Waals surface area contributed by atoms with Crippen molar-refractivity contribution in [2.75, 3.05) is 13.2 Å². The van der Waals surface area contributed by atoms with Crippen LogP contribution in [0.25, 0.3) is 0 Å². The number of carboxylic acid groups (broad SMARTS) is 1. The Morgan fingerprint density at radius 1 is 1.50 bits per heavy atom. The fraction of sp³-hybridized carbons (Fsp3) is 0.625. The molecule has 0 aliphatic carbocycles. The molecule has 0 amide bonds. The van der Waals surface area contributed by atoms with E-state index in [1.54, 1.807) is 0 Å². The lowest BCUT2D eigenvalue weighted by atomic mass is 10.3. The van der Waals surface area contributed by atoms with Gasteiger partial charge in [0.1, 0.15) is 0 Å². The Kier molecular flexibility index (Phi) is 7.35. The Morgan fingerprint density at radius 2 is 2.21 bits per heavy atom. The van der Waals surface area contributed by atoms with Crippen molar-refractivity contribution in [3.8, 4) is 0 Å². The maximum Gasteiger partial charge on any atom is 0.303 e. The molecule has 14 heavy (non-hydrogen) atoms. The maximum atomic E-state index is 10.1. The smallest absolute Gasteiger partial charge is 0.303 e. The summed E-state index contributed by atoms with van der Waals surface area (Å²) in [5.41, 5.74) is 0. The van der Waals surface area contributed by atoms with Crippen LogP contribution in [0.4, 0.5) is 0 Å². The van der Waals surface area contributed by atoms with E-state index in [-0.39, 0.29) is 6.42 Å². The first-order chi connectivity index (χ1) is 6.63. The van der Waals surface area contributed by atoms with Crippen molar-refractivity contribution in [1.29, 1.82) is 0 Å². The van der Waals surface area contributed by atoms with Crippen molar-refractivity contribution in [3.05, 3.63) is 22.4 Å². The fourth-order valence-electron chi connectivity index (χ4n) is 0.739. The molecule has 0 rings (SSSR count). The van der Waals surface area contributed by atoms with Crippen molar-refractivity contribution in [2.24, 2.45) is 0 Å². The highest BCUT2D eigenvalue weighted by atomic mass is 16.6. The standard InChI is InChI=1S/C8H13NO5/c10-8(11)4-3-7-14-6-2-1-5-9(12)13/h1,5H,2-4,6-7H2,(H,10,11)/b5-1+. The van der Waals surface area contributed by atoms with Crippen LogP contribution in [0.1, 0.15) is 19.3 Å². The summed E-state index contributed by atoms with van der Waals surface area (Å²) in [5, 5.41) is 18.1. The van der Waals surface area contributed by atoms with E-state index in [4.69, 9.17) is 9.84 Å². The lowest BCUT2D eigenvalue weighted by Crippen LogP contribution is -2.00. The van der Waals surface area contributed by atoms with Gasteiger partial charge in [-0.25, -0.2) is 0 Å². The second-order valence-corrected chi connectivity index (χ2v) is 2.57. The first kappa shape index (κ1) is 12.6. The molecular formula is C8H13NO5. The van der Waals surface area contributed by atoms with Crippen LogP contribution >= 0.6 is 0 Å². The second-order valence-electron chi connectivity index (χ2n) is 2.57. The molecule has 0 heterocycles. The number of ether oxygens (including phenoxy) is 1. The van der Waals surface area contributed by atoms with Gasteiger partial charge in [-0.05, 0) is 18.9 Å². The monoisotopic (exact) mass is 203 g/mol. The van der Waals surface area contributed by atoms with Crippen LogP contribution in [0.3, 0.4) is 0 Å². The topological polar surface area (TPSA) is 89.7 Å².